The van der Waals surface area contributed by atoms with E-state index in [0.717, 1.165) is 17.8 Å². The molecular formula is C13H13ClF3N3. The fourth-order valence-corrected chi connectivity index (χ4v) is 1.98. The summed E-state index contributed by atoms with van der Waals surface area (Å²) in [7, 11) is 0. The van der Waals surface area contributed by atoms with E-state index in [9.17, 15) is 13.2 Å². The van der Waals surface area contributed by atoms with Crippen molar-refractivity contribution in [2.75, 3.05) is 0 Å². The summed E-state index contributed by atoms with van der Waals surface area (Å²) in [5.41, 5.74) is 1.16. The summed E-state index contributed by atoms with van der Waals surface area (Å²) in [6.45, 7) is 3.91. The van der Waals surface area contributed by atoms with Crippen LogP contribution in [0.1, 0.15) is 36.7 Å². The van der Waals surface area contributed by atoms with Gasteiger partial charge in [-0.25, -0.2) is 0 Å². The standard InChI is InChI=1S/C13H13ClF3N3/c1-8(2)12-11(7-14)18-20(19-12)10-5-3-9(4-6-10)13(15,16)17/h3-6,8H,7H2,1-2H3. The van der Waals surface area contributed by atoms with Crippen LogP contribution in [0.5, 0.6) is 0 Å². The first kappa shape index (κ1) is 14.8. The Bertz CT molecular complexity index is 588. The second kappa shape index (κ2) is 5.44. The third-order valence-corrected chi connectivity index (χ3v) is 3.07. The van der Waals surface area contributed by atoms with Gasteiger partial charge >= 0.3 is 6.18 Å². The van der Waals surface area contributed by atoms with Crippen molar-refractivity contribution in [1.82, 2.24) is 15.0 Å². The Morgan fingerprint density at radius 1 is 1.15 bits per heavy atom. The van der Waals surface area contributed by atoms with Crippen molar-refractivity contribution in [3.05, 3.63) is 41.2 Å². The molecule has 7 heteroatoms. The number of rotatable bonds is 3. The lowest BCUT2D eigenvalue weighted by molar-refractivity contribution is -0.137. The number of aromatic nitrogens is 3. The SMILES string of the molecule is CC(C)c1nn(-c2ccc(C(F)(F)F)cc2)nc1CCl. The van der Waals surface area contributed by atoms with Gasteiger partial charge in [0.25, 0.3) is 0 Å². The minimum Gasteiger partial charge on any atom is -0.166 e. The molecule has 0 atom stereocenters. The molecule has 0 saturated heterocycles. The van der Waals surface area contributed by atoms with Crippen molar-refractivity contribution < 1.29 is 13.2 Å². The zero-order valence-electron chi connectivity index (χ0n) is 10.9. The monoisotopic (exact) mass is 303 g/mol. The molecule has 1 heterocycles. The molecule has 0 aliphatic carbocycles. The number of alkyl halides is 4. The highest BCUT2D eigenvalue weighted by atomic mass is 35.5. The van der Waals surface area contributed by atoms with Gasteiger partial charge in [-0.3, -0.25) is 0 Å². The molecule has 3 nitrogen and oxygen atoms in total. The van der Waals surface area contributed by atoms with E-state index in [1.165, 1.54) is 16.9 Å². The first-order valence-corrected chi connectivity index (χ1v) is 6.56. The number of hydrogen-bond acceptors (Lipinski definition) is 2. The fourth-order valence-electron chi connectivity index (χ4n) is 1.79. The Labute approximate surface area is 119 Å². The second-order valence-corrected chi connectivity index (χ2v) is 4.92. The Morgan fingerprint density at radius 3 is 2.15 bits per heavy atom. The summed E-state index contributed by atoms with van der Waals surface area (Å²) in [5, 5.41) is 8.49. The third-order valence-electron chi connectivity index (χ3n) is 2.81. The summed E-state index contributed by atoms with van der Waals surface area (Å²) in [4.78, 5) is 1.31. The van der Waals surface area contributed by atoms with Crippen LogP contribution in [0.15, 0.2) is 24.3 Å². The molecule has 108 valence electrons. The van der Waals surface area contributed by atoms with E-state index >= 15 is 0 Å². The second-order valence-electron chi connectivity index (χ2n) is 4.65. The highest BCUT2D eigenvalue weighted by molar-refractivity contribution is 6.16. The summed E-state index contributed by atoms with van der Waals surface area (Å²) in [5.74, 6) is 0.362. The van der Waals surface area contributed by atoms with Crippen LogP contribution in [-0.4, -0.2) is 15.0 Å². The zero-order chi connectivity index (χ0) is 14.9. The zero-order valence-corrected chi connectivity index (χ0v) is 11.7. The maximum absolute atomic E-state index is 12.5. The van der Waals surface area contributed by atoms with Crippen LogP contribution in [0, 0.1) is 0 Å². The van der Waals surface area contributed by atoms with Crippen LogP contribution in [0.4, 0.5) is 13.2 Å². The van der Waals surface area contributed by atoms with E-state index in [1.54, 1.807) is 0 Å². The van der Waals surface area contributed by atoms with Gasteiger partial charge in [-0.15, -0.1) is 11.6 Å². The van der Waals surface area contributed by atoms with Gasteiger partial charge in [0.05, 0.1) is 22.8 Å². The summed E-state index contributed by atoms with van der Waals surface area (Å²) < 4.78 is 37.5. The first-order valence-electron chi connectivity index (χ1n) is 6.02. The largest absolute Gasteiger partial charge is 0.416 e. The van der Waals surface area contributed by atoms with E-state index in [0.29, 0.717) is 11.4 Å². The lowest BCUT2D eigenvalue weighted by Gasteiger charge is -2.07. The molecule has 0 saturated carbocycles. The van der Waals surface area contributed by atoms with Gasteiger partial charge < -0.3 is 0 Å². The number of nitrogens with zero attached hydrogens (tertiary/aromatic N) is 3. The average Bonchev–Trinajstić information content (AvgIpc) is 2.82. The third kappa shape index (κ3) is 2.95. The Balaban J connectivity index is 2.37. The molecule has 0 aliphatic rings. The predicted octanol–water partition coefficient (Wildman–Crippen LogP) is 4.15. The van der Waals surface area contributed by atoms with E-state index in [-0.39, 0.29) is 11.8 Å². The molecule has 0 amide bonds. The molecule has 0 spiro atoms. The van der Waals surface area contributed by atoms with Crippen molar-refractivity contribution in [2.45, 2.75) is 31.8 Å². The molecule has 0 fully saturated rings. The van der Waals surface area contributed by atoms with Gasteiger partial charge in [0.2, 0.25) is 0 Å². The molecule has 20 heavy (non-hydrogen) atoms. The molecule has 0 radical (unpaired) electrons. The Morgan fingerprint density at radius 2 is 1.75 bits per heavy atom. The molecular weight excluding hydrogens is 291 g/mol. The van der Waals surface area contributed by atoms with Crippen LogP contribution < -0.4 is 0 Å². The van der Waals surface area contributed by atoms with E-state index < -0.39 is 11.7 Å². The van der Waals surface area contributed by atoms with E-state index in [4.69, 9.17) is 11.6 Å². The van der Waals surface area contributed by atoms with E-state index in [1.807, 2.05) is 13.8 Å². The summed E-state index contributed by atoms with van der Waals surface area (Å²) in [6.07, 6.45) is -4.35. The van der Waals surface area contributed by atoms with Crippen molar-refractivity contribution in [2.24, 2.45) is 0 Å². The van der Waals surface area contributed by atoms with Crippen molar-refractivity contribution in [3.8, 4) is 5.69 Å². The maximum Gasteiger partial charge on any atom is 0.416 e. The van der Waals surface area contributed by atoms with Crippen molar-refractivity contribution >= 4 is 11.6 Å². The van der Waals surface area contributed by atoms with Gasteiger partial charge in [0.1, 0.15) is 5.69 Å². The predicted molar refractivity (Wildman–Crippen MR) is 70.0 cm³/mol. The summed E-state index contributed by atoms with van der Waals surface area (Å²) in [6, 6.07) is 4.69. The topological polar surface area (TPSA) is 30.7 Å². The normalized spacial score (nSPS) is 12.2. The number of benzene rings is 1. The number of halogens is 4. The van der Waals surface area contributed by atoms with Gasteiger partial charge in [-0.2, -0.15) is 28.2 Å². The Hall–Kier alpha value is -1.56. The van der Waals surface area contributed by atoms with Crippen molar-refractivity contribution in [3.63, 3.8) is 0 Å². The smallest absolute Gasteiger partial charge is 0.166 e. The maximum atomic E-state index is 12.5. The summed E-state index contributed by atoms with van der Waals surface area (Å²) >= 11 is 5.80. The number of hydrogen-bond donors (Lipinski definition) is 0. The lowest BCUT2D eigenvalue weighted by Crippen LogP contribution is -2.06. The lowest BCUT2D eigenvalue weighted by atomic mass is 10.1. The van der Waals surface area contributed by atoms with Gasteiger partial charge in [0, 0.05) is 0 Å². The van der Waals surface area contributed by atoms with Crippen LogP contribution in [0.2, 0.25) is 0 Å². The Kier molecular flexibility index (Phi) is 4.04. The molecule has 0 bridgehead atoms. The van der Waals surface area contributed by atoms with Gasteiger partial charge in [0.15, 0.2) is 0 Å². The average molecular weight is 304 g/mol. The first-order chi connectivity index (χ1) is 9.32. The minimum absolute atomic E-state index is 0.145. The van der Waals surface area contributed by atoms with E-state index in [2.05, 4.69) is 10.2 Å². The minimum atomic E-state index is -4.35. The van der Waals surface area contributed by atoms with Crippen molar-refractivity contribution in [1.29, 1.82) is 0 Å². The molecule has 0 N–H and O–H groups in total. The van der Waals surface area contributed by atoms with Crippen LogP contribution in [0.25, 0.3) is 5.69 Å². The quantitative estimate of drug-likeness (QED) is 0.798. The highest BCUT2D eigenvalue weighted by Crippen LogP contribution is 2.29. The van der Waals surface area contributed by atoms with Gasteiger partial charge in [-0.05, 0) is 30.2 Å². The van der Waals surface area contributed by atoms with Crippen LogP contribution in [-0.2, 0) is 12.1 Å². The molecule has 2 rings (SSSR count). The molecule has 2 aromatic rings. The van der Waals surface area contributed by atoms with Gasteiger partial charge in [-0.1, -0.05) is 13.8 Å². The highest BCUT2D eigenvalue weighted by Gasteiger charge is 2.30. The fraction of sp³-hybridized carbons (Fsp3) is 0.385. The van der Waals surface area contributed by atoms with Crippen LogP contribution >= 0.6 is 11.6 Å². The molecule has 0 unspecified atom stereocenters. The van der Waals surface area contributed by atoms with Crippen LogP contribution in [0.3, 0.4) is 0 Å². The molecule has 0 aliphatic heterocycles. The molecule has 1 aromatic carbocycles. The molecule has 1 aromatic heterocycles.